The summed E-state index contributed by atoms with van der Waals surface area (Å²) in [6.07, 6.45) is 6.91. The third-order valence-corrected chi connectivity index (χ3v) is 2.89. The Hall–Kier alpha value is -1.64. The quantitative estimate of drug-likeness (QED) is 0.769. The Morgan fingerprint density at radius 3 is 2.88 bits per heavy atom. The molecule has 0 spiro atoms. The van der Waals surface area contributed by atoms with Gasteiger partial charge in [0.2, 0.25) is 0 Å². The van der Waals surface area contributed by atoms with Crippen molar-refractivity contribution in [1.29, 1.82) is 0 Å². The molecule has 2 aromatic rings. The fraction of sp³-hybridized carbons (Fsp3) is 0.429. The molecule has 0 saturated carbocycles. The molecule has 0 unspecified atom stereocenters. The lowest BCUT2D eigenvalue weighted by atomic mass is 10.2. The lowest BCUT2D eigenvalue weighted by Gasteiger charge is -2.08. The molecule has 1 heterocycles. The van der Waals surface area contributed by atoms with Crippen LogP contribution in [0, 0.1) is 0 Å². The third-order valence-electron chi connectivity index (χ3n) is 2.89. The largest absolute Gasteiger partial charge is 0.383 e. The molecule has 1 aromatic carbocycles. The summed E-state index contributed by atoms with van der Waals surface area (Å²) in [7, 11) is 0. The monoisotopic (exact) mass is 229 g/mol. The Bertz CT molecular complexity index is 462. The first-order valence-corrected chi connectivity index (χ1v) is 6.36. The number of hydrogen-bond acceptors (Lipinski definition) is 3. The molecule has 0 aliphatic rings. The van der Waals surface area contributed by atoms with Crippen LogP contribution in [-0.4, -0.2) is 16.7 Å². The van der Waals surface area contributed by atoms with Gasteiger partial charge in [0.25, 0.3) is 0 Å². The number of nitrogens with zero attached hydrogens (tertiary/aromatic N) is 2. The second kappa shape index (κ2) is 6.18. The van der Waals surface area contributed by atoms with Crippen LogP contribution in [0.5, 0.6) is 0 Å². The van der Waals surface area contributed by atoms with Crippen LogP contribution >= 0.6 is 0 Å². The van der Waals surface area contributed by atoms with Crippen molar-refractivity contribution in [2.45, 2.75) is 32.6 Å². The molecular weight excluding hydrogens is 210 g/mol. The van der Waals surface area contributed by atoms with Crippen LogP contribution in [0.25, 0.3) is 10.9 Å². The molecule has 1 aromatic heterocycles. The molecule has 0 aliphatic heterocycles. The summed E-state index contributed by atoms with van der Waals surface area (Å²) in [6.45, 7) is 3.24. The van der Waals surface area contributed by atoms with Crippen molar-refractivity contribution in [3.8, 4) is 0 Å². The highest BCUT2D eigenvalue weighted by Gasteiger charge is 2.00. The van der Waals surface area contributed by atoms with E-state index in [1.54, 1.807) is 0 Å². The number of hydrogen-bond donors (Lipinski definition) is 1. The first-order chi connectivity index (χ1) is 8.42. The van der Waals surface area contributed by atoms with Crippen LogP contribution in [0.2, 0.25) is 0 Å². The van der Waals surface area contributed by atoms with Crippen LogP contribution in [0.3, 0.4) is 0 Å². The van der Waals surface area contributed by atoms with E-state index >= 15 is 0 Å². The number of aromatic nitrogens is 2. The van der Waals surface area contributed by atoms with Crippen molar-refractivity contribution in [3.63, 3.8) is 0 Å². The zero-order valence-corrected chi connectivity index (χ0v) is 10.3. The molecular formula is C14H19N3. The zero-order chi connectivity index (χ0) is 11.9. The average molecular weight is 229 g/mol. The Morgan fingerprint density at radius 1 is 1.12 bits per heavy atom. The van der Waals surface area contributed by atoms with Crippen molar-refractivity contribution in [2.75, 3.05) is 11.9 Å². The molecule has 0 amide bonds. The minimum absolute atomic E-state index is 0.950. The molecule has 17 heavy (non-hydrogen) atoms. The summed E-state index contributed by atoms with van der Waals surface area (Å²) in [5.74, 6) is 0. The van der Waals surface area contributed by atoms with Gasteiger partial charge in [-0.15, -0.1) is 0 Å². The number of nitrogens with one attached hydrogen (secondary N) is 1. The second-order valence-corrected chi connectivity index (χ2v) is 4.26. The molecule has 0 aliphatic carbocycles. The van der Waals surface area contributed by atoms with Crippen LogP contribution in [0.15, 0.2) is 30.5 Å². The Balaban J connectivity index is 1.98. The Kier molecular flexibility index (Phi) is 4.30. The SMILES string of the molecule is CCCCCCNc1cnnc2ccccc12. The van der Waals surface area contributed by atoms with Crippen molar-refractivity contribution in [1.82, 2.24) is 10.2 Å². The van der Waals surface area contributed by atoms with Gasteiger partial charge in [0.1, 0.15) is 0 Å². The van der Waals surface area contributed by atoms with Gasteiger partial charge in [-0.05, 0) is 12.5 Å². The summed E-state index contributed by atoms with van der Waals surface area (Å²) in [5, 5.41) is 12.7. The van der Waals surface area contributed by atoms with E-state index in [4.69, 9.17) is 0 Å². The standard InChI is InChI=1S/C14H19N3/c1-2-3-4-7-10-15-14-11-16-17-13-9-6-5-8-12(13)14/h5-6,8-9,11H,2-4,7,10H2,1H3,(H,15,17). The Morgan fingerprint density at radius 2 is 2.00 bits per heavy atom. The van der Waals surface area contributed by atoms with Gasteiger partial charge in [-0.1, -0.05) is 44.4 Å². The molecule has 1 N–H and O–H groups in total. The molecule has 3 nitrogen and oxygen atoms in total. The van der Waals surface area contributed by atoms with E-state index in [9.17, 15) is 0 Å². The van der Waals surface area contributed by atoms with Crippen molar-refractivity contribution in [3.05, 3.63) is 30.5 Å². The zero-order valence-electron chi connectivity index (χ0n) is 10.3. The summed E-state index contributed by atoms with van der Waals surface area (Å²) < 4.78 is 0. The van der Waals surface area contributed by atoms with Crippen LogP contribution in [0.1, 0.15) is 32.6 Å². The van der Waals surface area contributed by atoms with Gasteiger partial charge in [0, 0.05) is 11.9 Å². The third kappa shape index (κ3) is 3.16. The number of benzene rings is 1. The average Bonchev–Trinajstić information content (AvgIpc) is 2.39. The van der Waals surface area contributed by atoms with Crippen molar-refractivity contribution < 1.29 is 0 Å². The summed E-state index contributed by atoms with van der Waals surface area (Å²) in [6, 6.07) is 8.09. The summed E-state index contributed by atoms with van der Waals surface area (Å²) in [5.41, 5.74) is 2.04. The van der Waals surface area contributed by atoms with E-state index in [0.29, 0.717) is 0 Å². The van der Waals surface area contributed by atoms with E-state index in [1.165, 1.54) is 25.7 Å². The fourth-order valence-electron chi connectivity index (χ4n) is 1.92. The number of unbranched alkanes of at least 4 members (excludes halogenated alkanes) is 3. The van der Waals surface area contributed by atoms with Gasteiger partial charge in [-0.25, -0.2) is 0 Å². The number of fused-ring (bicyclic) bond motifs is 1. The fourth-order valence-corrected chi connectivity index (χ4v) is 1.92. The van der Waals surface area contributed by atoms with Crippen LogP contribution in [0.4, 0.5) is 5.69 Å². The lowest BCUT2D eigenvalue weighted by molar-refractivity contribution is 0.685. The van der Waals surface area contributed by atoms with Gasteiger partial charge in [-0.3, -0.25) is 0 Å². The van der Waals surface area contributed by atoms with Crippen molar-refractivity contribution >= 4 is 16.6 Å². The van der Waals surface area contributed by atoms with Crippen molar-refractivity contribution in [2.24, 2.45) is 0 Å². The maximum absolute atomic E-state index is 4.11. The van der Waals surface area contributed by atoms with E-state index in [0.717, 1.165) is 23.1 Å². The molecule has 0 saturated heterocycles. The van der Waals surface area contributed by atoms with Gasteiger partial charge in [0.15, 0.2) is 0 Å². The van der Waals surface area contributed by atoms with Gasteiger partial charge in [0.05, 0.1) is 17.4 Å². The molecule has 0 bridgehead atoms. The van der Waals surface area contributed by atoms with Gasteiger partial charge in [-0.2, -0.15) is 10.2 Å². The highest BCUT2D eigenvalue weighted by Crippen LogP contribution is 2.19. The smallest absolute Gasteiger partial charge is 0.0950 e. The van der Waals surface area contributed by atoms with Gasteiger partial charge < -0.3 is 5.32 Å². The van der Waals surface area contributed by atoms with E-state index in [1.807, 2.05) is 24.4 Å². The van der Waals surface area contributed by atoms with Gasteiger partial charge >= 0.3 is 0 Å². The lowest BCUT2D eigenvalue weighted by Crippen LogP contribution is -2.03. The summed E-state index contributed by atoms with van der Waals surface area (Å²) >= 11 is 0. The Labute approximate surface area is 102 Å². The highest BCUT2D eigenvalue weighted by molar-refractivity contribution is 5.90. The van der Waals surface area contributed by atoms with Crippen LogP contribution < -0.4 is 5.32 Å². The molecule has 90 valence electrons. The first kappa shape index (κ1) is 11.8. The predicted molar refractivity (Wildman–Crippen MR) is 72.2 cm³/mol. The van der Waals surface area contributed by atoms with E-state index < -0.39 is 0 Å². The maximum Gasteiger partial charge on any atom is 0.0950 e. The summed E-state index contributed by atoms with van der Waals surface area (Å²) in [4.78, 5) is 0. The molecule has 0 radical (unpaired) electrons. The minimum Gasteiger partial charge on any atom is -0.383 e. The van der Waals surface area contributed by atoms with E-state index in [2.05, 4.69) is 28.5 Å². The molecule has 0 fully saturated rings. The van der Waals surface area contributed by atoms with Crippen LogP contribution in [-0.2, 0) is 0 Å². The number of rotatable bonds is 6. The molecule has 3 heteroatoms. The number of anilines is 1. The minimum atomic E-state index is 0.950. The predicted octanol–water partition coefficient (Wildman–Crippen LogP) is 3.62. The highest BCUT2D eigenvalue weighted by atomic mass is 15.1. The van der Waals surface area contributed by atoms with E-state index in [-0.39, 0.29) is 0 Å². The molecule has 2 rings (SSSR count). The normalized spacial score (nSPS) is 10.6. The second-order valence-electron chi connectivity index (χ2n) is 4.26. The topological polar surface area (TPSA) is 37.8 Å². The maximum atomic E-state index is 4.11. The molecule has 0 atom stereocenters. The first-order valence-electron chi connectivity index (χ1n) is 6.36.